The lowest BCUT2D eigenvalue weighted by Gasteiger charge is -2.38. The van der Waals surface area contributed by atoms with Gasteiger partial charge in [-0.1, -0.05) is 67.6 Å². The van der Waals surface area contributed by atoms with E-state index in [4.69, 9.17) is 0 Å². The van der Waals surface area contributed by atoms with Gasteiger partial charge in [-0.3, -0.25) is 0 Å². The number of nitrogens with zero attached hydrogens (tertiary/aromatic N) is 1. The largest absolute Gasteiger partial charge is 0.385 e. The number of aliphatic hydroxyl groups is 1. The Morgan fingerprint density at radius 3 is 2.00 bits per heavy atom. The smallest absolute Gasteiger partial charge is 0.0937 e. The Kier molecular flexibility index (Phi) is 5.76. The molecule has 0 aliphatic rings. The summed E-state index contributed by atoms with van der Waals surface area (Å²) in [4.78, 5) is 2.16. The van der Waals surface area contributed by atoms with Crippen LogP contribution in [0.5, 0.6) is 0 Å². The summed E-state index contributed by atoms with van der Waals surface area (Å²) in [5.41, 5.74) is 1.49. The Labute approximate surface area is 134 Å². The zero-order valence-electron chi connectivity index (χ0n) is 13.9. The third-order valence-corrected chi connectivity index (χ3v) is 4.40. The molecule has 2 atom stereocenters. The van der Waals surface area contributed by atoms with E-state index in [1.54, 1.807) is 0 Å². The highest BCUT2D eigenvalue weighted by Crippen LogP contribution is 2.35. The van der Waals surface area contributed by atoms with Crippen molar-refractivity contribution in [2.75, 3.05) is 20.6 Å². The molecule has 2 aromatic carbocycles. The van der Waals surface area contributed by atoms with Gasteiger partial charge in [-0.05, 0) is 38.1 Å². The van der Waals surface area contributed by atoms with Gasteiger partial charge in [0, 0.05) is 12.5 Å². The summed E-state index contributed by atoms with van der Waals surface area (Å²) in [5, 5.41) is 11.4. The number of benzene rings is 2. The summed E-state index contributed by atoms with van der Waals surface area (Å²) in [7, 11) is 4.14. The minimum Gasteiger partial charge on any atom is -0.385 e. The quantitative estimate of drug-likeness (QED) is 0.842. The second-order valence-electron chi connectivity index (χ2n) is 6.29. The molecule has 0 saturated carbocycles. The van der Waals surface area contributed by atoms with Crippen molar-refractivity contribution in [3.05, 3.63) is 71.8 Å². The fourth-order valence-corrected chi connectivity index (χ4v) is 3.18. The maximum absolute atomic E-state index is 11.4. The molecule has 118 valence electrons. The van der Waals surface area contributed by atoms with Crippen LogP contribution < -0.4 is 0 Å². The molecule has 2 heteroatoms. The number of hydrogen-bond donors (Lipinski definition) is 1. The van der Waals surface area contributed by atoms with Gasteiger partial charge in [0.1, 0.15) is 0 Å². The fourth-order valence-electron chi connectivity index (χ4n) is 3.18. The zero-order chi connectivity index (χ0) is 16.0. The molecule has 0 spiro atoms. The molecule has 0 heterocycles. The summed E-state index contributed by atoms with van der Waals surface area (Å²) >= 11 is 0. The van der Waals surface area contributed by atoms with Gasteiger partial charge in [0.05, 0.1) is 5.60 Å². The van der Waals surface area contributed by atoms with Crippen LogP contribution in [0.4, 0.5) is 0 Å². The van der Waals surface area contributed by atoms with Gasteiger partial charge in [-0.15, -0.1) is 0 Å². The van der Waals surface area contributed by atoms with E-state index in [1.807, 2.05) is 36.4 Å². The lowest BCUT2D eigenvalue weighted by Crippen LogP contribution is -2.41. The van der Waals surface area contributed by atoms with E-state index in [1.165, 1.54) is 5.56 Å². The summed E-state index contributed by atoms with van der Waals surface area (Å²) in [6, 6.07) is 20.5. The number of hydrogen-bond acceptors (Lipinski definition) is 2. The molecule has 0 aromatic heterocycles. The van der Waals surface area contributed by atoms with Crippen molar-refractivity contribution < 1.29 is 5.11 Å². The highest BCUT2D eigenvalue weighted by molar-refractivity contribution is 5.25. The summed E-state index contributed by atoms with van der Waals surface area (Å²) in [6.07, 6.45) is 1.58. The van der Waals surface area contributed by atoms with Gasteiger partial charge in [-0.25, -0.2) is 0 Å². The third-order valence-electron chi connectivity index (χ3n) is 4.40. The molecule has 0 unspecified atom stereocenters. The Balaban J connectivity index is 2.33. The van der Waals surface area contributed by atoms with Gasteiger partial charge >= 0.3 is 0 Å². The molecule has 2 nitrogen and oxygen atoms in total. The minimum absolute atomic E-state index is 0.150. The predicted molar refractivity (Wildman–Crippen MR) is 92.8 cm³/mol. The normalized spacial score (nSPS) is 15.5. The average molecular weight is 297 g/mol. The van der Waals surface area contributed by atoms with Crippen LogP contribution in [0.15, 0.2) is 60.7 Å². The first-order chi connectivity index (χ1) is 10.6. The molecule has 2 rings (SSSR count). The van der Waals surface area contributed by atoms with Crippen molar-refractivity contribution in [1.29, 1.82) is 0 Å². The van der Waals surface area contributed by atoms with Crippen LogP contribution in [0.3, 0.4) is 0 Å². The minimum atomic E-state index is -0.804. The van der Waals surface area contributed by atoms with Crippen LogP contribution in [0, 0.1) is 5.92 Å². The Bertz CT molecular complexity index is 552. The van der Waals surface area contributed by atoms with Gasteiger partial charge in [-0.2, -0.15) is 0 Å². The van der Waals surface area contributed by atoms with E-state index in [-0.39, 0.29) is 5.92 Å². The second-order valence-corrected chi connectivity index (χ2v) is 6.29. The van der Waals surface area contributed by atoms with Crippen LogP contribution in [-0.2, 0) is 12.0 Å². The molecule has 0 aliphatic carbocycles. The van der Waals surface area contributed by atoms with E-state index in [2.05, 4.69) is 50.2 Å². The lowest BCUT2D eigenvalue weighted by atomic mass is 9.76. The molecule has 0 fully saturated rings. The van der Waals surface area contributed by atoms with Crippen LogP contribution in [-0.4, -0.2) is 30.6 Å². The highest BCUT2D eigenvalue weighted by atomic mass is 16.3. The van der Waals surface area contributed by atoms with Crippen LogP contribution in [0.25, 0.3) is 0 Å². The molecular weight excluding hydrogens is 270 g/mol. The first-order valence-electron chi connectivity index (χ1n) is 8.03. The SMILES string of the molecule is CC[C@@](O)(c1ccccc1)[C@@H](Cc1ccccc1)CN(C)C. The number of rotatable bonds is 7. The molecule has 0 aliphatic heterocycles. The standard InChI is InChI=1S/C20H27NO/c1-4-20(22,18-13-9-6-10-14-18)19(16-21(2)3)15-17-11-7-5-8-12-17/h5-14,19,22H,4,15-16H2,1-3H3/t19-,20+/m0/s1. The van der Waals surface area contributed by atoms with E-state index in [0.717, 1.165) is 18.5 Å². The fraction of sp³-hybridized carbons (Fsp3) is 0.400. The van der Waals surface area contributed by atoms with E-state index in [9.17, 15) is 5.11 Å². The monoisotopic (exact) mass is 297 g/mol. The molecule has 2 aromatic rings. The van der Waals surface area contributed by atoms with Crippen molar-refractivity contribution in [3.8, 4) is 0 Å². The van der Waals surface area contributed by atoms with Crippen molar-refractivity contribution in [3.63, 3.8) is 0 Å². The molecule has 0 amide bonds. The molecule has 22 heavy (non-hydrogen) atoms. The van der Waals surface area contributed by atoms with Crippen LogP contribution in [0.2, 0.25) is 0 Å². The average Bonchev–Trinajstić information content (AvgIpc) is 2.55. The van der Waals surface area contributed by atoms with E-state index < -0.39 is 5.60 Å². The zero-order valence-corrected chi connectivity index (χ0v) is 13.9. The van der Waals surface area contributed by atoms with Crippen molar-refractivity contribution in [2.24, 2.45) is 5.92 Å². The molecular formula is C20H27NO. The van der Waals surface area contributed by atoms with E-state index >= 15 is 0 Å². The van der Waals surface area contributed by atoms with Gasteiger partial charge < -0.3 is 10.0 Å². The van der Waals surface area contributed by atoms with Gasteiger partial charge in [0.2, 0.25) is 0 Å². The van der Waals surface area contributed by atoms with Gasteiger partial charge in [0.25, 0.3) is 0 Å². The second kappa shape index (κ2) is 7.57. The lowest BCUT2D eigenvalue weighted by molar-refractivity contribution is -0.0366. The maximum Gasteiger partial charge on any atom is 0.0937 e. The molecule has 0 radical (unpaired) electrons. The predicted octanol–water partition coefficient (Wildman–Crippen LogP) is 3.70. The summed E-state index contributed by atoms with van der Waals surface area (Å²) in [5.74, 6) is 0.150. The third kappa shape index (κ3) is 3.96. The van der Waals surface area contributed by atoms with Gasteiger partial charge in [0.15, 0.2) is 0 Å². The summed E-state index contributed by atoms with van der Waals surface area (Å²) in [6.45, 7) is 2.93. The van der Waals surface area contributed by atoms with Crippen LogP contribution >= 0.6 is 0 Å². The molecule has 0 bridgehead atoms. The van der Waals surface area contributed by atoms with Crippen LogP contribution in [0.1, 0.15) is 24.5 Å². The first-order valence-corrected chi connectivity index (χ1v) is 8.03. The Morgan fingerprint density at radius 1 is 0.955 bits per heavy atom. The maximum atomic E-state index is 11.4. The molecule has 1 N–H and O–H groups in total. The first kappa shape index (κ1) is 16.7. The Hall–Kier alpha value is -1.64. The van der Waals surface area contributed by atoms with Crippen molar-refractivity contribution >= 4 is 0 Å². The topological polar surface area (TPSA) is 23.5 Å². The van der Waals surface area contributed by atoms with Crippen molar-refractivity contribution in [2.45, 2.75) is 25.4 Å². The highest BCUT2D eigenvalue weighted by Gasteiger charge is 2.36. The van der Waals surface area contributed by atoms with Crippen molar-refractivity contribution in [1.82, 2.24) is 4.90 Å². The molecule has 0 saturated heterocycles. The summed E-state index contributed by atoms with van der Waals surface area (Å²) < 4.78 is 0. The van der Waals surface area contributed by atoms with E-state index in [0.29, 0.717) is 6.42 Å². The Morgan fingerprint density at radius 2 is 1.50 bits per heavy atom.